The van der Waals surface area contributed by atoms with E-state index in [9.17, 15) is 9.59 Å². The zero-order valence-electron chi connectivity index (χ0n) is 16.3. The molecule has 1 fully saturated rings. The lowest BCUT2D eigenvalue weighted by atomic mass is 9.93. The van der Waals surface area contributed by atoms with Crippen LogP contribution in [0.5, 0.6) is 0 Å². The van der Waals surface area contributed by atoms with Crippen LogP contribution in [-0.4, -0.2) is 62.4 Å². The largest absolute Gasteiger partial charge is 0.359 e. The van der Waals surface area contributed by atoms with Crippen molar-refractivity contribution >= 4 is 17.8 Å². The fourth-order valence-electron chi connectivity index (χ4n) is 2.78. The molecule has 0 unspecified atom stereocenters. The second-order valence-corrected chi connectivity index (χ2v) is 7.13. The van der Waals surface area contributed by atoms with Gasteiger partial charge in [-0.3, -0.25) is 14.6 Å². The van der Waals surface area contributed by atoms with E-state index in [4.69, 9.17) is 0 Å². The van der Waals surface area contributed by atoms with Gasteiger partial charge in [-0.1, -0.05) is 6.42 Å². The molecule has 25 heavy (non-hydrogen) atoms. The molecule has 1 aliphatic rings. The van der Waals surface area contributed by atoms with Gasteiger partial charge in [-0.2, -0.15) is 0 Å². The number of nitrogens with one attached hydrogen (secondary N) is 3. The first-order valence-corrected chi connectivity index (χ1v) is 9.43. The summed E-state index contributed by atoms with van der Waals surface area (Å²) in [6, 6.07) is 0. The second kappa shape index (κ2) is 10.9. The number of amides is 2. The van der Waals surface area contributed by atoms with Crippen molar-refractivity contribution in [3.8, 4) is 0 Å². The van der Waals surface area contributed by atoms with Crippen LogP contribution in [0.15, 0.2) is 4.99 Å². The average molecular weight is 354 g/mol. The number of hydrogen-bond acceptors (Lipinski definition) is 3. The van der Waals surface area contributed by atoms with Gasteiger partial charge in [-0.05, 0) is 40.0 Å². The van der Waals surface area contributed by atoms with E-state index in [-0.39, 0.29) is 11.8 Å². The van der Waals surface area contributed by atoms with Crippen LogP contribution in [0.4, 0.5) is 0 Å². The van der Waals surface area contributed by atoms with Crippen molar-refractivity contribution in [3.05, 3.63) is 0 Å². The quantitative estimate of drug-likeness (QED) is 0.347. The van der Waals surface area contributed by atoms with Crippen LogP contribution in [0.25, 0.3) is 0 Å². The molecule has 7 nitrogen and oxygen atoms in total. The topological polar surface area (TPSA) is 85.8 Å². The molecule has 2 amide bonds. The molecule has 0 aromatic rings. The number of rotatable bonds is 8. The molecule has 7 heteroatoms. The monoisotopic (exact) mass is 353 g/mol. The fourth-order valence-corrected chi connectivity index (χ4v) is 2.78. The molecule has 0 aromatic heterocycles. The van der Waals surface area contributed by atoms with Crippen molar-refractivity contribution in [3.63, 3.8) is 0 Å². The lowest BCUT2D eigenvalue weighted by Crippen LogP contribution is -2.42. The van der Waals surface area contributed by atoms with Crippen LogP contribution in [0.2, 0.25) is 0 Å². The molecule has 0 aromatic carbocycles. The Morgan fingerprint density at radius 3 is 2.68 bits per heavy atom. The van der Waals surface area contributed by atoms with E-state index in [2.05, 4.69) is 20.9 Å². The maximum absolute atomic E-state index is 12.0. The van der Waals surface area contributed by atoms with Gasteiger partial charge in [-0.15, -0.1) is 0 Å². The first kappa shape index (κ1) is 21.3. The number of nitrogens with zero attached hydrogens (tertiary/aromatic N) is 2. The minimum absolute atomic E-state index is 0.0215. The zero-order valence-corrected chi connectivity index (χ0v) is 16.3. The lowest BCUT2D eigenvalue weighted by molar-refractivity contribution is -0.130. The van der Waals surface area contributed by atoms with Gasteiger partial charge >= 0.3 is 0 Å². The van der Waals surface area contributed by atoms with Gasteiger partial charge in [0.25, 0.3) is 0 Å². The molecule has 0 spiro atoms. The predicted molar refractivity (Wildman–Crippen MR) is 101 cm³/mol. The van der Waals surface area contributed by atoms with Crippen molar-refractivity contribution < 1.29 is 9.59 Å². The van der Waals surface area contributed by atoms with E-state index in [0.717, 1.165) is 51.9 Å². The Morgan fingerprint density at radius 1 is 1.24 bits per heavy atom. The summed E-state index contributed by atoms with van der Waals surface area (Å²) in [5.74, 6) is 0.971. The first-order chi connectivity index (χ1) is 11.9. The first-order valence-electron chi connectivity index (χ1n) is 9.43. The molecule has 3 N–H and O–H groups in total. The number of carbonyl (C=O) groups is 2. The molecule has 1 rings (SSSR count). The highest BCUT2D eigenvalue weighted by atomic mass is 16.2. The molecule has 0 aliphatic carbocycles. The molecule has 1 aliphatic heterocycles. The van der Waals surface area contributed by atoms with E-state index < -0.39 is 5.41 Å². The molecule has 1 saturated heterocycles. The molecular formula is C18H35N5O2. The summed E-state index contributed by atoms with van der Waals surface area (Å²) in [4.78, 5) is 30.3. The highest BCUT2D eigenvalue weighted by molar-refractivity contribution is 5.83. The highest BCUT2D eigenvalue weighted by Crippen LogP contribution is 2.15. The van der Waals surface area contributed by atoms with E-state index in [1.807, 2.05) is 25.7 Å². The fraction of sp³-hybridized carbons (Fsp3) is 0.833. The van der Waals surface area contributed by atoms with Crippen molar-refractivity contribution in [1.82, 2.24) is 20.9 Å². The van der Waals surface area contributed by atoms with Crippen molar-refractivity contribution in [2.45, 2.75) is 52.9 Å². The number of carbonyl (C=O) groups excluding carboxylic acids is 2. The predicted octanol–water partition coefficient (Wildman–Crippen LogP) is 1.11. The highest BCUT2D eigenvalue weighted by Gasteiger charge is 2.26. The lowest BCUT2D eigenvalue weighted by Gasteiger charge is -2.22. The van der Waals surface area contributed by atoms with E-state index >= 15 is 0 Å². The summed E-state index contributed by atoms with van der Waals surface area (Å²) in [6.45, 7) is 9.35. The summed E-state index contributed by atoms with van der Waals surface area (Å²) in [5, 5.41) is 9.16. The third-order valence-corrected chi connectivity index (χ3v) is 4.39. The molecule has 0 atom stereocenters. The van der Waals surface area contributed by atoms with Gasteiger partial charge in [0, 0.05) is 39.6 Å². The van der Waals surface area contributed by atoms with Crippen LogP contribution in [0.3, 0.4) is 0 Å². The second-order valence-electron chi connectivity index (χ2n) is 7.13. The summed E-state index contributed by atoms with van der Waals surface area (Å²) in [6.07, 6.45) is 4.85. The Kier molecular flexibility index (Phi) is 9.31. The Balaban J connectivity index is 2.43. The zero-order chi connectivity index (χ0) is 18.7. The Bertz CT molecular complexity index is 462. The summed E-state index contributed by atoms with van der Waals surface area (Å²) < 4.78 is 0. The van der Waals surface area contributed by atoms with Crippen molar-refractivity contribution in [2.75, 3.05) is 39.8 Å². The maximum atomic E-state index is 12.0. The van der Waals surface area contributed by atoms with Crippen LogP contribution >= 0.6 is 0 Å². The molecule has 1 heterocycles. The molecule has 0 bridgehead atoms. The van der Waals surface area contributed by atoms with Crippen LogP contribution in [0, 0.1) is 5.41 Å². The Morgan fingerprint density at radius 2 is 2.00 bits per heavy atom. The van der Waals surface area contributed by atoms with E-state index in [1.54, 1.807) is 7.05 Å². The summed E-state index contributed by atoms with van der Waals surface area (Å²) in [5.41, 5.74) is -0.546. The van der Waals surface area contributed by atoms with Crippen LogP contribution in [0.1, 0.15) is 52.9 Å². The Labute approximate surface area is 152 Å². The van der Waals surface area contributed by atoms with Gasteiger partial charge in [0.15, 0.2) is 5.96 Å². The third-order valence-electron chi connectivity index (χ3n) is 4.39. The number of guanidine groups is 1. The van der Waals surface area contributed by atoms with Crippen LogP contribution < -0.4 is 16.0 Å². The van der Waals surface area contributed by atoms with Gasteiger partial charge in [-0.25, -0.2) is 0 Å². The van der Waals surface area contributed by atoms with Gasteiger partial charge in [0.05, 0.1) is 12.0 Å². The average Bonchev–Trinajstić information content (AvgIpc) is 2.80. The standard InChI is InChI=1S/C18H35N5O2/c1-5-20-17(22-14-18(2,3)16(25)19-4)21-11-9-13-23-12-8-6-7-10-15(23)24/h5-14H2,1-4H3,(H,19,25)(H2,20,21,22). The summed E-state index contributed by atoms with van der Waals surface area (Å²) >= 11 is 0. The smallest absolute Gasteiger partial charge is 0.227 e. The number of hydrogen-bond donors (Lipinski definition) is 3. The van der Waals surface area contributed by atoms with Gasteiger partial charge < -0.3 is 20.9 Å². The molecule has 0 radical (unpaired) electrons. The van der Waals surface area contributed by atoms with Gasteiger partial charge in [0.1, 0.15) is 0 Å². The van der Waals surface area contributed by atoms with E-state index in [1.165, 1.54) is 0 Å². The van der Waals surface area contributed by atoms with Crippen LogP contribution in [-0.2, 0) is 9.59 Å². The van der Waals surface area contributed by atoms with Crippen molar-refractivity contribution in [2.24, 2.45) is 10.4 Å². The molecule has 0 saturated carbocycles. The number of likely N-dealkylation sites (tertiary alicyclic amines) is 1. The summed E-state index contributed by atoms with van der Waals surface area (Å²) in [7, 11) is 1.64. The Hall–Kier alpha value is -1.79. The minimum Gasteiger partial charge on any atom is -0.359 e. The van der Waals surface area contributed by atoms with Gasteiger partial charge in [0.2, 0.25) is 11.8 Å². The normalized spacial score (nSPS) is 16.4. The third kappa shape index (κ3) is 7.75. The molecular weight excluding hydrogens is 318 g/mol. The number of aliphatic imine (C=N–C) groups is 1. The minimum atomic E-state index is -0.546. The molecule has 144 valence electrons. The van der Waals surface area contributed by atoms with E-state index in [0.29, 0.717) is 18.9 Å². The maximum Gasteiger partial charge on any atom is 0.227 e. The van der Waals surface area contributed by atoms with Crippen molar-refractivity contribution in [1.29, 1.82) is 0 Å². The SMILES string of the molecule is CCNC(=NCC(C)(C)C(=O)NC)NCCCN1CCCCCC1=O.